The summed E-state index contributed by atoms with van der Waals surface area (Å²) in [7, 11) is 0. The molecule has 2 nitrogen and oxygen atoms in total. The van der Waals surface area contributed by atoms with Crippen LogP contribution in [0.5, 0.6) is 0 Å². The zero-order valence-electron chi connectivity index (χ0n) is 3.92. The molecule has 0 aromatic heterocycles. The summed E-state index contributed by atoms with van der Waals surface area (Å²) in [6.07, 6.45) is 0. The number of carbonyl (C=O) groups is 1. The molecule has 3 heteroatoms. The third kappa shape index (κ3) is 1.09. The van der Waals surface area contributed by atoms with Crippen molar-refractivity contribution in [2.45, 2.75) is 0 Å². The number of hydrogen-bond donors (Lipinski definition) is 1. The van der Waals surface area contributed by atoms with Gasteiger partial charge in [0, 0.05) is 13.1 Å². The zero-order valence-corrected chi connectivity index (χ0v) is 4.82. The molecule has 0 bridgehead atoms. The van der Waals surface area contributed by atoms with Crippen LogP contribution < -0.4 is 0 Å². The Labute approximate surface area is 47.9 Å². The Hall–Kier alpha value is -0.180. The van der Waals surface area contributed by atoms with Gasteiger partial charge in [-0.25, -0.2) is 0 Å². The molecular formula is C4H7NOS. The van der Waals surface area contributed by atoms with Gasteiger partial charge in [0.15, 0.2) is 0 Å². The predicted molar refractivity (Wildman–Crippen MR) is 30.4 cm³/mol. The van der Waals surface area contributed by atoms with Crippen molar-refractivity contribution >= 4 is 18.5 Å². The molecule has 1 aliphatic heterocycles. The second kappa shape index (κ2) is 1.74. The van der Waals surface area contributed by atoms with E-state index >= 15 is 0 Å². The van der Waals surface area contributed by atoms with Crippen molar-refractivity contribution in [2.24, 2.45) is 0 Å². The standard InChI is InChI=1S/C4H7NOS/c6-4(3-7)5-1-2-5/h7H,1-3H2. The largest absolute Gasteiger partial charge is 0.338 e. The van der Waals surface area contributed by atoms with Crippen LogP contribution in [0.3, 0.4) is 0 Å². The molecule has 0 radical (unpaired) electrons. The molecule has 0 N–H and O–H groups in total. The smallest absolute Gasteiger partial charge is 0.232 e. The molecule has 7 heavy (non-hydrogen) atoms. The summed E-state index contributed by atoms with van der Waals surface area (Å²) in [6, 6.07) is 0. The Bertz CT molecular complexity index is 89.7. The quantitative estimate of drug-likeness (QED) is 0.371. The van der Waals surface area contributed by atoms with Gasteiger partial charge in [0.1, 0.15) is 0 Å². The van der Waals surface area contributed by atoms with E-state index in [0.717, 1.165) is 13.1 Å². The van der Waals surface area contributed by atoms with Crippen LogP contribution in [-0.4, -0.2) is 29.6 Å². The third-order valence-electron chi connectivity index (χ3n) is 0.935. The third-order valence-corrected chi connectivity index (χ3v) is 1.21. The Morgan fingerprint density at radius 2 is 2.29 bits per heavy atom. The molecule has 0 saturated carbocycles. The van der Waals surface area contributed by atoms with E-state index in [9.17, 15) is 4.79 Å². The average molecular weight is 117 g/mol. The summed E-state index contributed by atoms with van der Waals surface area (Å²) in [4.78, 5) is 12.2. The topological polar surface area (TPSA) is 20.1 Å². The number of amides is 1. The van der Waals surface area contributed by atoms with Gasteiger partial charge in [-0.05, 0) is 0 Å². The van der Waals surface area contributed by atoms with Gasteiger partial charge in [0.25, 0.3) is 0 Å². The van der Waals surface area contributed by atoms with Gasteiger partial charge in [0.05, 0.1) is 5.75 Å². The lowest BCUT2D eigenvalue weighted by Crippen LogP contribution is -2.10. The lowest BCUT2D eigenvalue weighted by molar-refractivity contribution is -0.122. The molecular weight excluding hydrogens is 110 g/mol. The Balaban J connectivity index is 2.24. The first kappa shape index (κ1) is 4.97. The monoisotopic (exact) mass is 117 g/mol. The second-order valence-electron chi connectivity index (χ2n) is 1.54. The van der Waals surface area contributed by atoms with Gasteiger partial charge in [-0.3, -0.25) is 4.79 Å². The molecule has 0 atom stereocenters. The van der Waals surface area contributed by atoms with Gasteiger partial charge in [-0.2, -0.15) is 12.6 Å². The summed E-state index contributed by atoms with van der Waals surface area (Å²) < 4.78 is 0. The molecule has 1 saturated heterocycles. The summed E-state index contributed by atoms with van der Waals surface area (Å²) >= 11 is 3.80. The van der Waals surface area contributed by atoms with Crippen LogP contribution in [0.4, 0.5) is 0 Å². The minimum Gasteiger partial charge on any atom is -0.338 e. The maximum absolute atomic E-state index is 10.4. The average Bonchev–Trinajstić information content (AvgIpc) is 2.44. The normalized spacial score (nSPS) is 17.0. The van der Waals surface area contributed by atoms with Crippen molar-refractivity contribution in [1.29, 1.82) is 0 Å². The van der Waals surface area contributed by atoms with E-state index in [1.54, 1.807) is 4.90 Å². The first-order valence-electron chi connectivity index (χ1n) is 2.23. The fourth-order valence-corrected chi connectivity index (χ4v) is 0.599. The number of rotatable bonds is 1. The zero-order chi connectivity index (χ0) is 5.28. The lowest BCUT2D eigenvalue weighted by Gasteiger charge is -1.91. The molecule has 0 aromatic rings. The molecule has 1 aliphatic rings. The molecule has 0 spiro atoms. The van der Waals surface area contributed by atoms with Crippen molar-refractivity contribution in [2.75, 3.05) is 18.8 Å². The number of thiol groups is 1. The fraction of sp³-hybridized carbons (Fsp3) is 0.750. The van der Waals surface area contributed by atoms with Crippen LogP contribution in [0.25, 0.3) is 0 Å². The highest BCUT2D eigenvalue weighted by atomic mass is 32.1. The Morgan fingerprint density at radius 3 is 2.43 bits per heavy atom. The molecule has 0 unspecified atom stereocenters. The highest BCUT2D eigenvalue weighted by molar-refractivity contribution is 7.81. The van der Waals surface area contributed by atoms with E-state index in [0.29, 0.717) is 5.75 Å². The molecule has 1 amide bonds. The van der Waals surface area contributed by atoms with Crippen LogP contribution in [0.15, 0.2) is 0 Å². The predicted octanol–water partition coefficient (Wildman–Crippen LogP) is -0.242. The van der Waals surface area contributed by atoms with Gasteiger partial charge in [0.2, 0.25) is 5.91 Å². The van der Waals surface area contributed by atoms with Crippen LogP contribution in [0.1, 0.15) is 0 Å². The number of carbonyl (C=O) groups excluding carboxylic acids is 1. The maximum Gasteiger partial charge on any atom is 0.232 e. The van der Waals surface area contributed by atoms with Crippen molar-refractivity contribution in [3.8, 4) is 0 Å². The lowest BCUT2D eigenvalue weighted by atomic mass is 10.7. The molecule has 40 valence electrons. The van der Waals surface area contributed by atoms with Crippen LogP contribution in [0, 0.1) is 0 Å². The molecule has 1 fully saturated rings. The Morgan fingerprint density at radius 1 is 1.71 bits per heavy atom. The van der Waals surface area contributed by atoms with Crippen molar-refractivity contribution < 1.29 is 4.79 Å². The van der Waals surface area contributed by atoms with Crippen LogP contribution in [0.2, 0.25) is 0 Å². The first-order chi connectivity index (χ1) is 3.34. The van der Waals surface area contributed by atoms with Crippen LogP contribution >= 0.6 is 12.6 Å². The summed E-state index contributed by atoms with van der Waals surface area (Å²) in [5.74, 6) is 0.517. The van der Waals surface area contributed by atoms with E-state index in [2.05, 4.69) is 12.6 Å². The summed E-state index contributed by atoms with van der Waals surface area (Å²) in [5, 5.41) is 0. The summed E-state index contributed by atoms with van der Waals surface area (Å²) in [5.41, 5.74) is 0. The molecule has 0 aromatic carbocycles. The highest BCUT2D eigenvalue weighted by Crippen LogP contribution is 2.03. The first-order valence-corrected chi connectivity index (χ1v) is 2.86. The van der Waals surface area contributed by atoms with Crippen molar-refractivity contribution in [1.82, 2.24) is 4.90 Å². The van der Waals surface area contributed by atoms with Gasteiger partial charge < -0.3 is 4.90 Å². The second-order valence-corrected chi connectivity index (χ2v) is 1.86. The van der Waals surface area contributed by atoms with E-state index in [-0.39, 0.29) is 5.91 Å². The molecule has 0 aliphatic carbocycles. The number of nitrogens with zero attached hydrogens (tertiary/aromatic N) is 1. The fourth-order valence-electron chi connectivity index (χ4n) is 0.399. The van der Waals surface area contributed by atoms with Gasteiger partial charge in [-0.15, -0.1) is 0 Å². The van der Waals surface area contributed by atoms with E-state index in [4.69, 9.17) is 0 Å². The Kier molecular flexibility index (Phi) is 1.23. The van der Waals surface area contributed by atoms with Gasteiger partial charge in [-0.1, -0.05) is 0 Å². The van der Waals surface area contributed by atoms with Crippen molar-refractivity contribution in [3.63, 3.8) is 0 Å². The molecule has 1 rings (SSSR count). The van der Waals surface area contributed by atoms with Crippen molar-refractivity contribution in [3.05, 3.63) is 0 Å². The van der Waals surface area contributed by atoms with Crippen LogP contribution in [-0.2, 0) is 4.79 Å². The SMILES string of the molecule is O=C(CS)N1CC1. The van der Waals surface area contributed by atoms with E-state index in [1.807, 2.05) is 0 Å². The van der Waals surface area contributed by atoms with E-state index in [1.165, 1.54) is 0 Å². The summed E-state index contributed by atoms with van der Waals surface area (Å²) in [6.45, 7) is 1.89. The highest BCUT2D eigenvalue weighted by Gasteiger charge is 2.21. The minimum absolute atomic E-state index is 0.156. The minimum atomic E-state index is 0.156. The maximum atomic E-state index is 10.4. The number of hydrogen-bond acceptors (Lipinski definition) is 2. The molecule has 1 heterocycles. The van der Waals surface area contributed by atoms with E-state index < -0.39 is 0 Å². The van der Waals surface area contributed by atoms with Gasteiger partial charge >= 0.3 is 0 Å².